The molecule has 0 atom stereocenters. The fourth-order valence-corrected chi connectivity index (χ4v) is 4.86. The van der Waals surface area contributed by atoms with Crippen LogP contribution < -0.4 is 21.9 Å². The highest BCUT2D eigenvalue weighted by atomic mass is 16.5. The lowest BCUT2D eigenvalue weighted by Gasteiger charge is -2.34. The summed E-state index contributed by atoms with van der Waals surface area (Å²) in [6, 6.07) is 0. The summed E-state index contributed by atoms with van der Waals surface area (Å²) >= 11 is 0. The van der Waals surface area contributed by atoms with Gasteiger partial charge in [0.05, 0.1) is 19.8 Å². The number of carbonyl (C=O) groups excluding carboxylic acids is 1. The van der Waals surface area contributed by atoms with E-state index in [9.17, 15) is 14.4 Å². The van der Waals surface area contributed by atoms with E-state index in [-0.39, 0.29) is 24.0 Å². The molecule has 2 saturated heterocycles. The molecule has 10 nitrogen and oxygen atoms in total. The normalized spacial score (nSPS) is 18.3. The number of nitrogens with zero attached hydrogens (tertiary/aromatic N) is 4. The first-order valence-corrected chi connectivity index (χ1v) is 12.9. The van der Waals surface area contributed by atoms with Crippen molar-refractivity contribution in [2.75, 3.05) is 69.7 Å². The molecule has 0 aromatic carbocycles. The lowest BCUT2D eigenvalue weighted by Crippen LogP contribution is -2.47. The third-order valence-corrected chi connectivity index (χ3v) is 6.99. The summed E-state index contributed by atoms with van der Waals surface area (Å²) in [5.41, 5.74) is 5.23. The Kier molecular flexibility index (Phi) is 10.2. The molecule has 0 bridgehead atoms. The third-order valence-electron chi connectivity index (χ3n) is 6.99. The molecule has 1 aromatic heterocycles. The number of nitrogens with two attached hydrogens (primary N) is 1. The SMILES string of the molecule is CCCCN(C(=O)CN1CCC(CCN2CCOCC2)CC1)c1c(N)n(CCC)c(=O)[nH]c1=O. The van der Waals surface area contributed by atoms with Crippen LogP contribution in [0.25, 0.3) is 0 Å². The molecule has 0 spiro atoms. The maximum atomic E-state index is 13.4. The Hall–Kier alpha value is -2.17. The Labute approximate surface area is 202 Å². The van der Waals surface area contributed by atoms with E-state index < -0.39 is 11.2 Å². The van der Waals surface area contributed by atoms with E-state index in [1.54, 1.807) is 0 Å². The standard InChI is InChI=1S/C24H42N6O4/c1-3-5-10-29(21-22(25)30(9-4-2)24(33)26-23(21)32)20(31)18-28-12-7-19(8-13-28)6-11-27-14-16-34-17-15-27/h19H,3-18,25H2,1-2H3,(H,26,32,33). The van der Waals surface area contributed by atoms with E-state index in [2.05, 4.69) is 14.8 Å². The first kappa shape index (κ1) is 26.4. The third kappa shape index (κ3) is 6.93. The molecule has 3 heterocycles. The van der Waals surface area contributed by atoms with Crippen LogP contribution in [0.3, 0.4) is 0 Å². The Morgan fingerprint density at radius 3 is 2.41 bits per heavy atom. The molecular weight excluding hydrogens is 436 g/mol. The zero-order valence-electron chi connectivity index (χ0n) is 20.9. The van der Waals surface area contributed by atoms with Gasteiger partial charge in [0.25, 0.3) is 5.56 Å². The lowest BCUT2D eigenvalue weighted by atomic mass is 9.93. The summed E-state index contributed by atoms with van der Waals surface area (Å²) in [5, 5.41) is 0. The summed E-state index contributed by atoms with van der Waals surface area (Å²) in [7, 11) is 0. The van der Waals surface area contributed by atoms with Gasteiger partial charge in [-0.2, -0.15) is 0 Å². The first-order chi connectivity index (χ1) is 16.4. The molecule has 2 aliphatic rings. The molecule has 192 valence electrons. The van der Waals surface area contributed by atoms with E-state index in [4.69, 9.17) is 10.5 Å². The molecule has 1 aromatic rings. The highest BCUT2D eigenvalue weighted by Crippen LogP contribution is 2.23. The summed E-state index contributed by atoms with van der Waals surface area (Å²) in [5.74, 6) is 0.613. The maximum absolute atomic E-state index is 13.4. The minimum atomic E-state index is -0.596. The lowest BCUT2D eigenvalue weighted by molar-refractivity contribution is -0.120. The van der Waals surface area contributed by atoms with E-state index in [0.717, 1.165) is 71.6 Å². The minimum Gasteiger partial charge on any atom is -0.383 e. The second-order valence-electron chi connectivity index (χ2n) is 9.51. The quantitative estimate of drug-likeness (QED) is 0.489. The number of nitrogen functional groups attached to an aromatic ring is 1. The second kappa shape index (κ2) is 13.1. The van der Waals surface area contributed by atoms with Gasteiger partial charge < -0.3 is 15.4 Å². The van der Waals surface area contributed by atoms with Gasteiger partial charge in [0, 0.05) is 26.2 Å². The monoisotopic (exact) mass is 478 g/mol. The van der Waals surface area contributed by atoms with Crippen LogP contribution in [0, 0.1) is 5.92 Å². The molecular formula is C24H42N6O4. The van der Waals surface area contributed by atoms with Crippen molar-refractivity contribution in [2.24, 2.45) is 5.92 Å². The van der Waals surface area contributed by atoms with Crippen LogP contribution in [0.2, 0.25) is 0 Å². The van der Waals surface area contributed by atoms with Crippen LogP contribution in [0.1, 0.15) is 52.4 Å². The highest BCUT2D eigenvalue weighted by Gasteiger charge is 2.27. The number of hydrogen-bond acceptors (Lipinski definition) is 7. The molecule has 3 N–H and O–H groups in total. The Morgan fingerprint density at radius 2 is 1.76 bits per heavy atom. The molecule has 0 radical (unpaired) electrons. The van der Waals surface area contributed by atoms with Crippen LogP contribution in [0.4, 0.5) is 11.5 Å². The van der Waals surface area contributed by atoms with Crippen molar-refractivity contribution in [1.29, 1.82) is 0 Å². The summed E-state index contributed by atoms with van der Waals surface area (Å²) in [4.78, 5) is 46.8. The van der Waals surface area contributed by atoms with Crippen LogP contribution in [-0.4, -0.2) is 84.3 Å². The zero-order chi connectivity index (χ0) is 24.5. The van der Waals surface area contributed by atoms with E-state index in [1.165, 1.54) is 15.9 Å². The number of H-pyrrole nitrogens is 1. The van der Waals surface area contributed by atoms with Crippen LogP contribution >= 0.6 is 0 Å². The molecule has 2 aliphatic heterocycles. The number of ether oxygens (including phenoxy) is 1. The van der Waals surface area contributed by atoms with Gasteiger partial charge in [-0.05, 0) is 57.7 Å². The van der Waals surface area contributed by atoms with E-state index in [0.29, 0.717) is 25.4 Å². The number of rotatable bonds is 11. The van der Waals surface area contributed by atoms with Gasteiger partial charge in [0.15, 0.2) is 5.69 Å². The van der Waals surface area contributed by atoms with Gasteiger partial charge in [0.2, 0.25) is 5.91 Å². The maximum Gasteiger partial charge on any atom is 0.330 e. The van der Waals surface area contributed by atoms with Crippen molar-refractivity contribution in [3.63, 3.8) is 0 Å². The van der Waals surface area contributed by atoms with Gasteiger partial charge in [-0.3, -0.25) is 28.9 Å². The van der Waals surface area contributed by atoms with Gasteiger partial charge in [-0.15, -0.1) is 0 Å². The number of aromatic nitrogens is 2. The smallest absolute Gasteiger partial charge is 0.330 e. The number of amides is 1. The average Bonchev–Trinajstić information content (AvgIpc) is 2.83. The molecule has 0 aliphatic carbocycles. The number of likely N-dealkylation sites (tertiary alicyclic amines) is 1. The van der Waals surface area contributed by atoms with Crippen molar-refractivity contribution < 1.29 is 9.53 Å². The highest BCUT2D eigenvalue weighted by molar-refractivity contribution is 5.96. The summed E-state index contributed by atoms with van der Waals surface area (Å²) < 4.78 is 6.78. The number of morpholine rings is 1. The van der Waals surface area contributed by atoms with Crippen molar-refractivity contribution in [3.8, 4) is 0 Å². The first-order valence-electron chi connectivity index (χ1n) is 12.9. The van der Waals surface area contributed by atoms with Crippen molar-refractivity contribution in [1.82, 2.24) is 19.4 Å². The number of aromatic amines is 1. The topological polar surface area (TPSA) is 117 Å². The van der Waals surface area contributed by atoms with Gasteiger partial charge in [0.1, 0.15) is 5.82 Å². The molecule has 34 heavy (non-hydrogen) atoms. The predicted molar refractivity (Wildman–Crippen MR) is 134 cm³/mol. The molecule has 0 unspecified atom stereocenters. The fraction of sp³-hybridized carbons (Fsp3) is 0.792. The van der Waals surface area contributed by atoms with Gasteiger partial charge in [-0.1, -0.05) is 20.3 Å². The number of anilines is 2. The van der Waals surface area contributed by atoms with E-state index in [1.807, 2.05) is 13.8 Å². The number of unbranched alkanes of at least 4 members (excludes halogenated alkanes) is 1. The molecule has 1 amide bonds. The minimum absolute atomic E-state index is 0.0712. The average molecular weight is 479 g/mol. The Morgan fingerprint density at radius 1 is 1.06 bits per heavy atom. The van der Waals surface area contributed by atoms with Crippen molar-refractivity contribution in [2.45, 2.75) is 58.9 Å². The number of piperidine rings is 1. The van der Waals surface area contributed by atoms with E-state index >= 15 is 0 Å². The summed E-state index contributed by atoms with van der Waals surface area (Å²) in [6.45, 7) is 11.6. The summed E-state index contributed by atoms with van der Waals surface area (Å²) in [6.07, 6.45) is 5.67. The molecule has 2 fully saturated rings. The number of nitrogens with one attached hydrogen (secondary N) is 1. The Bertz CT molecular complexity index is 900. The van der Waals surface area contributed by atoms with Crippen molar-refractivity contribution in [3.05, 3.63) is 20.8 Å². The van der Waals surface area contributed by atoms with Crippen molar-refractivity contribution >= 4 is 17.4 Å². The number of hydrogen-bond donors (Lipinski definition) is 2. The predicted octanol–water partition coefficient (Wildman–Crippen LogP) is 1.10. The number of carbonyl (C=O) groups is 1. The van der Waals surface area contributed by atoms with Crippen LogP contribution in [0.5, 0.6) is 0 Å². The Balaban J connectivity index is 1.62. The zero-order valence-corrected chi connectivity index (χ0v) is 20.9. The molecule has 10 heteroatoms. The van der Waals surface area contributed by atoms with Crippen LogP contribution in [0.15, 0.2) is 9.59 Å². The molecule has 0 saturated carbocycles. The molecule has 3 rings (SSSR count). The van der Waals surface area contributed by atoms with Crippen LogP contribution in [-0.2, 0) is 16.1 Å². The van der Waals surface area contributed by atoms with Gasteiger partial charge >= 0.3 is 5.69 Å². The largest absolute Gasteiger partial charge is 0.383 e. The fourth-order valence-electron chi connectivity index (χ4n) is 4.86. The second-order valence-corrected chi connectivity index (χ2v) is 9.51. The van der Waals surface area contributed by atoms with Gasteiger partial charge in [-0.25, -0.2) is 4.79 Å².